The van der Waals surface area contributed by atoms with Gasteiger partial charge in [0.25, 0.3) is 0 Å². The van der Waals surface area contributed by atoms with Gasteiger partial charge in [0.05, 0.1) is 21.3 Å². The molecule has 0 aliphatic rings. The number of rotatable bonds is 24. The molecule has 0 radical (unpaired) electrons. The summed E-state index contributed by atoms with van der Waals surface area (Å²) in [5, 5.41) is 0. The van der Waals surface area contributed by atoms with Crippen molar-refractivity contribution in [1.29, 1.82) is 0 Å². The van der Waals surface area contributed by atoms with E-state index in [0.29, 0.717) is 0 Å². The van der Waals surface area contributed by atoms with Gasteiger partial charge in [0.2, 0.25) is 0 Å². The molecule has 0 fully saturated rings. The summed E-state index contributed by atoms with van der Waals surface area (Å²) in [6.07, 6.45) is 27.0. The Hall–Kier alpha value is 0.0300. The van der Waals surface area contributed by atoms with Gasteiger partial charge in [0.1, 0.15) is 11.5 Å². The van der Waals surface area contributed by atoms with Crippen LogP contribution >= 0.6 is 38.5 Å². The molecular formula is C30H52BrIO2. The molecule has 0 amide bonds. The lowest BCUT2D eigenvalue weighted by Crippen LogP contribution is -2.02. The second-order valence-electron chi connectivity index (χ2n) is 9.77. The van der Waals surface area contributed by atoms with E-state index < -0.39 is 0 Å². The highest BCUT2D eigenvalue weighted by molar-refractivity contribution is 14.1. The first-order chi connectivity index (χ1) is 16.7. The van der Waals surface area contributed by atoms with Crippen molar-refractivity contribution in [3.05, 3.63) is 20.2 Å². The first kappa shape index (κ1) is 32.1. The Balaban J connectivity index is 2.11. The van der Waals surface area contributed by atoms with Crippen LogP contribution in [0.3, 0.4) is 0 Å². The lowest BCUT2D eigenvalue weighted by molar-refractivity contribution is 0.287. The summed E-state index contributed by atoms with van der Waals surface area (Å²) >= 11 is 6.02. The van der Waals surface area contributed by atoms with Gasteiger partial charge >= 0.3 is 0 Å². The number of unbranched alkanes of at least 4 members (excludes halogenated alkanes) is 18. The summed E-state index contributed by atoms with van der Waals surface area (Å²) < 4.78 is 14.3. The topological polar surface area (TPSA) is 18.5 Å². The van der Waals surface area contributed by atoms with Crippen molar-refractivity contribution in [3.63, 3.8) is 0 Å². The van der Waals surface area contributed by atoms with Gasteiger partial charge in [-0.2, -0.15) is 0 Å². The lowest BCUT2D eigenvalue weighted by atomic mass is 10.1. The molecule has 0 saturated carbocycles. The largest absolute Gasteiger partial charge is 0.492 e. The van der Waals surface area contributed by atoms with Gasteiger partial charge in [-0.25, -0.2) is 0 Å². The average molecular weight is 652 g/mol. The second-order valence-corrected chi connectivity index (χ2v) is 11.8. The fourth-order valence-electron chi connectivity index (χ4n) is 4.27. The van der Waals surface area contributed by atoms with E-state index in [-0.39, 0.29) is 0 Å². The maximum atomic E-state index is 6.10. The highest BCUT2D eigenvalue weighted by Gasteiger charge is 2.09. The van der Waals surface area contributed by atoms with Gasteiger partial charge in [-0.3, -0.25) is 0 Å². The quantitative estimate of drug-likeness (QED) is 0.0818. The van der Waals surface area contributed by atoms with Crippen LogP contribution in [-0.4, -0.2) is 13.2 Å². The van der Waals surface area contributed by atoms with Crippen LogP contribution in [0.4, 0.5) is 0 Å². The molecule has 0 bridgehead atoms. The first-order valence-corrected chi connectivity index (χ1v) is 16.3. The predicted molar refractivity (Wildman–Crippen MR) is 162 cm³/mol. The number of hydrogen-bond donors (Lipinski definition) is 0. The van der Waals surface area contributed by atoms with E-state index >= 15 is 0 Å². The minimum absolute atomic E-state index is 0.785. The number of benzene rings is 1. The summed E-state index contributed by atoms with van der Waals surface area (Å²) in [5.74, 6) is 1.87. The van der Waals surface area contributed by atoms with E-state index in [1.54, 1.807) is 0 Å². The molecule has 1 rings (SSSR count). The lowest BCUT2D eigenvalue weighted by Gasteiger charge is -2.13. The summed E-state index contributed by atoms with van der Waals surface area (Å²) in [4.78, 5) is 0. The maximum Gasteiger partial charge on any atom is 0.137 e. The van der Waals surface area contributed by atoms with Crippen molar-refractivity contribution < 1.29 is 9.47 Å². The van der Waals surface area contributed by atoms with Gasteiger partial charge in [-0.1, -0.05) is 129 Å². The molecule has 0 heterocycles. The Morgan fingerprint density at radius 1 is 0.529 bits per heavy atom. The fourth-order valence-corrected chi connectivity index (χ4v) is 5.78. The molecule has 0 aliphatic carbocycles. The van der Waals surface area contributed by atoms with E-state index in [1.165, 1.54) is 116 Å². The first-order valence-electron chi connectivity index (χ1n) is 14.4. The molecule has 1 aromatic carbocycles. The van der Waals surface area contributed by atoms with Crippen LogP contribution in [0.25, 0.3) is 0 Å². The number of hydrogen-bond acceptors (Lipinski definition) is 2. The average Bonchev–Trinajstić information content (AvgIpc) is 2.83. The third kappa shape index (κ3) is 17.5. The number of halogens is 2. The van der Waals surface area contributed by atoms with Crippen LogP contribution in [0.1, 0.15) is 142 Å². The summed E-state index contributed by atoms with van der Waals surface area (Å²) in [6, 6.07) is 4.18. The zero-order valence-electron chi connectivity index (χ0n) is 22.3. The molecule has 0 atom stereocenters. The molecule has 4 heteroatoms. The Kier molecular flexibility index (Phi) is 22.1. The van der Waals surface area contributed by atoms with Crippen LogP contribution in [-0.2, 0) is 0 Å². The minimum Gasteiger partial charge on any atom is -0.492 e. The van der Waals surface area contributed by atoms with Crippen molar-refractivity contribution in [3.8, 4) is 11.5 Å². The minimum atomic E-state index is 0.785. The van der Waals surface area contributed by atoms with Crippen LogP contribution < -0.4 is 9.47 Å². The molecule has 34 heavy (non-hydrogen) atoms. The summed E-state index contributed by atoms with van der Waals surface area (Å²) in [5.41, 5.74) is 0. The molecule has 0 aliphatic heterocycles. The van der Waals surface area contributed by atoms with Crippen molar-refractivity contribution in [1.82, 2.24) is 0 Å². The summed E-state index contributed by atoms with van der Waals surface area (Å²) in [7, 11) is 0. The maximum absolute atomic E-state index is 6.10. The van der Waals surface area contributed by atoms with Gasteiger partial charge in [0.15, 0.2) is 0 Å². The molecule has 0 saturated heterocycles. The standard InChI is InChI=1S/C30H52BrIO2/c1-3-5-7-9-11-13-15-17-19-21-23-33-29-26-30(28(32)25-27(29)31)34-24-22-20-18-16-14-12-10-8-6-4-2/h25-26H,3-24H2,1-2H3. The van der Waals surface area contributed by atoms with Crippen LogP contribution in [0.5, 0.6) is 11.5 Å². The van der Waals surface area contributed by atoms with Crippen LogP contribution in [0, 0.1) is 3.57 Å². The van der Waals surface area contributed by atoms with Gasteiger partial charge < -0.3 is 9.47 Å². The second kappa shape index (κ2) is 23.4. The van der Waals surface area contributed by atoms with Crippen LogP contribution in [0.15, 0.2) is 16.6 Å². The number of ether oxygens (including phenoxy) is 2. The molecular weight excluding hydrogens is 599 g/mol. The third-order valence-corrected chi connectivity index (χ3v) is 7.96. The Labute approximate surface area is 234 Å². The van der Waals surface area contributed by atoms with Gasteiger partial charge in [-0.15, -0.1) is 0 Å². The van der Waals surface area contributed by atoms with Gasteiger partial charge in [0, 0.05) is 6.07 Å². The molecule has 2 nitrogen and oxygen atoms in total. The molecule has 1 aromatic rings. The third-order valence-electron chi connectivity index (χ3n) is 6.50. The molecule has 0 N–H and O–H groups in total. The normalized spacial score (nSPS) is 11.2. The monoisotopic (exact) mass is 650 g/mol. The van der Waals surface area contributed by atoms with E-state index in [1.807, 2.05) is 0 Å². The zero-order chi connectivity index (χ0) is 24.7. The highest BCUT2D eigenvalue weighted by atomic mass is 127. The van der Waals surface area contributed by atoms with E-state index in [0.717, 1.165) is 45.6 Å². The Bertz CT molecular complexity index is 546. The summed E-state index contributed by atoms with van der Waals surface area (Å²) in [6.45, 7) is 6.15. The molecule has 198 valence electrons. The molecule has 0 unspecified atom stereocenters. The zero-order valence-corrected chi connectivity index (χ0v) is 26.0. The van der Waals surface area contributed by atoms with Crippen molar-refractivity contribution in [2.24, 2.45) is 0 Å². The Morgan fingerprint density at radius 2 is 0.882 bits per heavy atom. The Morgan fingerprint density at radius 3 is 1.29 bits per heavy atom. The highest BCUT2D eigenvalue weighted by Crippen LogP contribution is 2.34. The van der Waals surface area contributed by atoms with Crippen molar-refractivity contribution in [2.75, 3.05) is 13.2 Å². The molecule has 0 aromatic heterocycles. The van der Waals surface area contributed by atoms with E-state index in [9.17, 15) is 0 Å². The van der Waals surface area contributed by atoms with Crippen LogP contribution in [0.2, 0.25) is 0 Å². The SMILES string of the molecule is CCCCCCCCCCCCOc1cc(OCCCCCCCCCCCC)c(I)cc1Br. The van der Waals surface area contributed by atoms with Gasteiger partial charge in [-0.05, 0) is 57.4 Å². The van der Waals surface area contributed by atoms with E-state index in [2.05, 4.69) is 64.5 Å². The smallest absolute Gasteiger partial charge is 0.137 e. The van der Waals surface area contributed by atoms with E-state index in [4.69, 9.17) is 9.47 Å². The van der Waals surface area contributed by atoms with Crippen molar-refractivity contribution >= 4 is 38.5 Å². The molecule has 0 spiro atoms. The van der Waals surface area contributed by atoms with Crippen molar-refractivity contribution in [2.45, 2.75) is 142 Å². The predicted octanol–water partition coefficient (Wildman–Crippen LogP) is 11.7. The fraction of sp³-hybridized carbons (Fsp3) is 0.800.